The van der Waals surface area contributed by atoms with Gasteiger partial charge in [-0.05, 0) is 29.3 Å². The van der Waals surface area contributed by atoms with Crippen LogP contribution in [0.4, 0.5) is 0 Å². The summed E-state index contributed by atoms with van der Waals surface area (Å²) in [5.41, 5.74) is 8.72. The molecule has 0 bridgehead atoms. The van der Waals surface area contributed by atoms with Crippen molar-refractivity contribution < 1.29 is 0 Å². The lowest BCUT2D eigenvalue weighted by molar-refractivity contribution is 1.31. The van der Waals surface area contributed by atoms with Crippen molar-refractivity contribution in [2.45, 2.75) is 0 Å². The number of aromatic amines is 1. The molecule has 0 radical (unpaired) electrons. The van der Waals surface area contributed by atoms with Gasteiger partial charge in [0.1, 0.15) is 5.84 Å². The predicted octanol–water partition coefficient (Wildman–Crippen LogP) is 1.41. The Balaban J connectivity index is 2.36. The highest BCUT2D eigenvalue weighted by Crippen LogP contribution is 2.18. The lowest BCUT2D eigenvalue weighted by Crippen LogP contribution is -2.12. The van der Waals surface area contributed by atoms with Crippen LogP contribution in [0.5, 0.6) is 0 Å². The van der Waals surface area contributed by atoms with Gasteiger partial charge in [-0.1, -0.05) is 0 Å². The van der Waals surface area contributed by atoms with E-state index in [4.69, 9.17) is 5.73 Å². The minimum absolute atomic E-state index is 0.510. The molecule has 15 heavy (non-hydrogen) atoms. The van der Waals surface area contributed by atoms with Crippen LogP contribution in [-0.4, -0.2) is 22.9 Å². The first kappa shape index (κ1) is 9.45. The fourth-order valence-electron chi connectivity index (χ4n) is 1.37. The lowest BCUT2D eigenvalue weighted by atomic mass is 10.1. The number of aliphatic imine (C=N–C) groups is 1. The number of H-pyrrole nitrogens is 1. The van der Waals surface area contributed by atoms with Crippen molar-refractivity contribution in [3.63, 3.8) is 0 Å². The molecule has 0 aliphatic rings. The summed E-state index contributed by atoms with van der Waals surface area (Å²) in [6.07, 6.45) is 5.43. The Bertz CT molecular complexity index is 470. The summed E-state index contributed by atoms with van der Waals surface area (Å²) in [5.74, 6) is 0.510. The van der Waals surface area contributed by atoms with Crippen molar-refractivity contribution in [1.82, 2.24) is 9.97 Å². The van der Waals surface area contributed by atoms with E-state index >= 15 is 0 Å². The maximum atomic E-state index is 5.69. The zero-order valence-electron chi connectivity index (χ0n) is 8.44. The minimum atomic E-state index is 0.510. The van der Waals surface area contributed by atoms with Crippen molar-refractivity contribution in [2.75, 3.05) is 7.05 Å². The van der Waals surface area contributed by atoms with Gasteiger partial charge in [0.05, 0.1) is 5.69 Å². The molecule has 0 saturated carbocycles. The molecular formula is C11H12N4. The van der Waals surface area contributed by atoms with E-state index in [1.165, 1.54) is 0 Å². The molecule has 0 spiro atoms. The van der Waals surface area contributed by atoms with Crippen LogP contribution in [0.15, 0.2) is 41.8 Å². The molecule has 0 amide bonds. The maximum absolute atomic E-state index is 5.69. The van der Waals surface area contributed by atoms with Gasteiger partial charge in [-0.2, -0.15) is 0 Å². The SMILES string of the molecule is CN=C(N)c1cc(-c2ccncc2)c[nH]1. The highest BCUT2D eigenvalue weighted by atomic mass is 14.9. The molecule has 4 heteroatoms. The van der Waals surface area contributed by atoms with Crippen molar-refractivity contribution >= 4 is 5.84 Å². The Hall–Kier alpha value is -2.10. The van der Waals surface area contributed by atoms with Gasteiger partial charge in [-0.15, -0.1) is 0 Å². The Labute approximate surface area is 87.9 Å². The molecule has 2 aromatic heterocycles. The fourth-order valence-corrected chi connectivity index (χ4v) is 1.37. The third-order valence-electron chi connectivity index (χ3n) is 2.21. The minimum Gasteiger partial charge on any atom is -0.382 e. The number of pyridine rings is 1. The standard InChI is InChI=1S/C11H12N4/c1-13-11(12)10-6-9(7-15-10)8-2-4-14-5-3-8/h2-7,15H,1H3,(H2,12,13). The maximum Gasteiger partial charge on any atom is 0.142 e. The van der Waals surface area contributed by atoms with E-state index in [-0.39, 0.29) is 0 Å². The van der Waals surface area contributed by atoms with Gasteiger partial charge in [0.15, 0.2) is 0 Å². The second kappa shape index (κ2) is 3.96. The Kier molecular flexibility index (Phi) is 2.49. The van der Waals surface area contributed by atoms with Crippen LogP contribution in [0.25, 0.3) is 11.1 Å². The topological polar surface area (TPSA) is 67.1 Å². The van der Waals surface area contributed by atoms with Crippen molar-refractivity contribution in [3.05, 3.63) is 42.5 Å². The molecule has 4 nitrogen and oxygen atoms in total. The summed E-state index contributed by atoms with van der Waals surface area (Å²) >= 11 is 0. The van der Waals surface area contributed by atoms with Gasteiger partial charge in [0.25, 0.3) is 0 Å². The van der Waals surface area contributed by atoms with Crippen molar-refractivity contribution in [1.29, 1.82) is 0 Å². The summed E-state index contributed by atoms with van der Waals surface area (Å²) < 4.78 is 0. The molecule has 0 unspecified atom stereocenters. The van der Waals surface area contributed by atoms with E-state index in [2.05, 4.69) is 15.0 Å². The zero-order chi connectivity index (χ0) is 10.7. The molecule has 0 aliphatic heterocycles. The molecule has 3 N–H and O–H groups in total. The monoisotopic (exact) mass is 200 g/mol. The number of nitrogens with one attached hydrogen (secondary N) is 1. The molecular weight excluding hydrogens is 188 g/mol. The van der Waals surface area contributed by atoms with E-state index in [1.807, 2.05) is 24.4 Å². The third kappa shape index (κ3) is 1.88. The van der Waals surface area contributed by atoms with E-state index in [9.17, 15) is 0 Å². The van der Waals surface area contributed by atoms with Crippen LogP contribution in [0.3, 0.4) is 0 Å². The van der Waals surface area contributed by atoms with E-state index in [0.717, 1.165) is 16.8 Å². The Morgan fingerprint density at radius 1 is 1.33 bits per heavy atom. The van der Waals surface area contributed by atoms with Gasteiger partial charge in [0, 0.05) is 25.6 Å². The van der Waals surface area contributed by atoms with Crippen LogP contribution >= 0.6 is 0 Å². The van der Waals surface area contributed by atoms with Crippen molar-refractivity contribution in [2.24, 2.45) is 10.7 Å². The average Bonchev–Trinajstić information content (AvgIpc) is 2.78. The molecule has 2 aromatic rings. The predicted molar refractivity (Wildman–Crippen MR) is 60.7 cm³/mol. The third-order valence-corrected chi connectivity index (χ3v) is 2.21. The molecule has 0 saturated heterocycles. The Morgan fingerprint density at radius 3 is 2.73 bits per heavy atom. The van der Waals surface area contributed by atoms with Gasteiger partial charge in [0.2, 0.25) is 0 Å². The number of amidine groups is 1. The number of aromatic nitrogens is 2. The van der Waals surface area contributed by atoms with Crippen LogP contribution in [0.1, 0.15) is 5.69 Å². The van der Waals surface area contributed by atoms with Crippen LogP contribution < -0.4 is 5.73 Å². The van der Waals surface area contributed by atoms with E-state index in [0.29, 0.717) is 5.84 Å². The van der Waals surface area contributed by atoms with Crippen LogP contribution in [0.2, 0.25) is 0 Å². The molecule has 0 fully saturated rings. The largest absolute Gasteiger partial charge is 0.382 e. The van der Waals surface area contributed by atoms with E-state index in [1.54, 1.807) is 19.4 Å². The van der Waals surface area contributed by atoms with Crippen molar-refractivity contribution in [3.8, 4) is 11.1 Å². The van der Waals surface area contributed by atoms with E-state index < -0.39 is 0 Å². The summed E-state index contributed by atoms with van der Waals surface area (Å²) in [4.78, 5) is 11.0. The number of hydrogen-bond donors (Lipinski definition) is 2. The van der Waals surface area contributed by atoms with Crippen LogP contribution in [0, 0.1) is 0 Å². The lowest BCUT2D eigenvalue weighted by Gasteiger charge is -1.94. The molecule has 2 heterocycles. The second-order valence-corrected chi connectivity index (χ2v) is 3.15. The normalized spacial score (nSPS) is 11.7. The number of nitrogens with zero attached hydrogens (tertiary/aromatic N) is 2. The Morgan fingerprint density at radius 2 is 2.07 bits per heavy atom. The average molecular weight is 200 g/mol. The summed E-state index contributed by atoms with van der Waals surface area (Å²) in [5, 5.41) is 0. The quantitative estimate of drug-likeness (QED) is 0.568. The molecule has 0 aromatic carbocycles. The highest BCUT2D eigenvalue weighted by Gasteiger charge is 2.03. The van der Waals surface area contributed by atoms with Gasteiger partial charge in [-0.3, -0.25) is 9.98 Å². The molecule has 2 rings (SSSR count). The van der Waals surface area contributed by atoms with Gasteiger partial charge >= 0.3 is 0 Å². The molecule has 0 atom stereocenters. The first-order valence-electron chi connectivity index (χ1n) is 4.62. The smallest absolute Gasteiger partial charge is 0.142 e. The summed E-state index contributed by atoms with van der Waals surface area (Å²) in [7, 11) is 1.67. The molecule has 0 aliphatic carbocycles. The van der Waals surface area contributed by atoms with Gasteiger partial charge in [-0.25, -0.2) is 0 Å². The van der Waals surface area contributed by atoms with Crippen LogP contribution in [-0.2, 0) is 0 Å². The van der Waals surface area contributed by atoms with Gasteiger partial charge < -0.3 is 10.7 Å². The number of nitrogens with two attached hydrogens (primary N) is 1. The fraction of sp³-hybridized carbons (Fsp3) is 0.0909. The molecule has 76 valence electrons. The second-order valence-electron chi connectivity index (χ2n) is 3.15. The summed E-state index contributed by atoms with van der Waals surface area (Å²) in [6, 6.07) is 5.87. The zero-order valence-corrected chi connectivity index (χ0v) is 8.44. The number of rotatable bonds is 2. The number of hydrogen-bond acceptors (Lipinski definition) is 2. The first-order valence-corrected chi connectivity index (χ1v) is 4.62. The summed E-state index contributed by atoms with van der Waals surface area (Å²) in [6.45, 7) is 0. The highest BCUT2D eigenvalue weighted by molar-refractivity contribution is 5.96. The first-order chi connectivity index (χ1) is 7.31.